The first-order valence-electron chi connectivity index (χ1n) is 9.29. The molecule has 0 unspecified atom stereocenters. The average molecular weight is 460 g/mol. The molecule has 1 aliphatic rings. The minimum atomic E-state index is -4.93. The molecule has 1 N–H and O–H groups in total. The van der Waals surface area contributed by atoms with Crippen molar-refractivity contribution in [3.05, 3.63) is 53.3 Å². The minimum Gasteiger partial charge on any atom is -0.497 e. The van der Waals surface area contributed by atoms with Crippen LogP contribution in [0, 0.1) is 12.7 Å². The van der Waals surface area contributed by atoms with Gasteiger partial charge in [0.1, 0.15) is 17.6 Å². The summed E-state index contributed by atoms with van der Waals surface area (Å²) in [5.74, 6) is -1.93. The number of nitrogens with one attached hydrogen (secondary N) is 1. The Morgan fingerprint density at radius 2 is 1.90 bits per heavy atom. The van der Waals surface area contributed by atoms with Crippen LogP contribution in [0.2, 0.25) is 0 Å². The van der Waals surface area contributed by atoms with Gasteiger partial charge in [-0.2, -0.15) is 17.5 Å². The second kappa shape index (κ2) is 8.46. The Balaban J connectivity index is 1.88. The molecular formula is C20H20F4N2O4S. The van der Waals surface area contributed by atoms with Crippen molar-refractivity contribution in [2.45, 2.75) is 36.9 Å². The number of nitrogens with zero attached hydrogens (tertiary/aromatic N) is 1. The van der Waals surface area contributed by atoms with Crippen LogP contribution in [0.4, 0.5) is 23.2 Å². The van der Waals surface area contributed by atoms with Crippen molar-refractivity contribution < 1.29 is 35.5 Å². The van der Waals surface area contributed by atoms with Gasteiger partial charge in [0.15, 0.2) is 0 Å². The normalized spacial score (nSPS) is 17.5. The van der Waals surface area contributed by atoms with E-state index in [9.17, 15) is 30.8 Å². The highest BCUT2D eigenvalue weighted by Gasteiger charge is 2.40. The molecular weight excluding hydrogens is 440 g/mol. The lowest BCUT2D eigenvalue weighted by atomic mass is 10.1. The zero-order valence-corrected chi connectivity index (χ0v) is 17.5. The summed E-state index contributed by atoms with van der Waals surface area (Å²) in [6.07, 6.45) is -4.34. The van der Waals surface area contributed by atoms with Crippen LogP contribution < -0.4 is 10.1 Å². The molecule has 0 aliphatic carbocycles. The van der Waals surface area contributed by atoms with E-state index in [1.807, 2.05) is 0 Å². The van der Waals surface area contributed by atoms with Crippen LogP contribution in [0.5, 0.6) is 5.75 Å². The lowest BCUT2D eigenvalue weighted by Gasteiger charge is -2.24. The molecule has 168 valence electrons. The number of ether oxygens (including phenoxy) is 1. The fourth-order valence-corrected chi connectivity index (χ4v) is 5.35. The fraction of sp³-hybridized carbons (Fsp3) is 0.350. The number of hydrogen-bond acceptors (Lipinski definition) is 4. The van der Waals surface area contributed by atoms with Gasteiger partial charge in [-0.1, -0.05) is 6.07 Å². The number of alkyl halides is 3. The van der Waals surface area contributed by atoms with Crippen molar-refractivity contribution >= 4 is 21.6 Å². The summed E-state index contributed by atoms with van der Waals surface area (Å²) in [6.45, 7) is 1.68. The van der Waals surface area contributed by atoms with Gasteiger partial charge in [-0.3, -0.25) is 4.79 Å². The predicted octanol–water partition coefficient (Wildman–Crippen LogP) is 3.95. The van der Waals surface area contributed by atoms with E-state index in [1.165, 1.54) is 13.2 Å². The standard InChI is InChI=1S/C20H20F4N2O4S/c1-12-5-7-14(30-2)11-18(12)31(28,29)26-9-3-4-17(26)19(27)25-13-6-8-16(21)15(10-13)20(22,23)24/h5-8,10-11,17H,3-4,9H2,1-2H3,(H,25,27)/t17-/m1/s1. The highest BCUT2D eigenvalue weighted by atomic mass is 32.2. The molecule has 11 heteroatoms. The number of carbonyl (C=O) groups is 1. The maximum absolute atomic E-state index is 13.5. The van der Waals surface area contributed by atoms with Crippen molar-refractivity contribution in [1.82, 2.24) is 4.31 Å². The van der Waals surface area contributed by atoms with Crippen molar-refractivity contribution in [1.29, 1.82) is 0 Å². The van der Waals surface area contributed by atoms with E-state index in [0.29, 0.717) is 29.9 Å². The quantitative estimate of drug-likeness (QED) is 0.686. The summed E-state index contributed by atoms with van der Waals surface area (Å²) in [6, 6.07) is 5.49. The van der Waals surface area contributed by atoms with E-state index >= 15 is 0 Å². The summed E-state index contributed by atoms with van der Waals surface area (Å²) < 4.78 is 84.8. The zero-order chi connectivity index (χ0) is 23.0. The first kappa shape index (κ1) is 23.0. The van der Waals surface area contributed by atoms with Crippen molar-refractivity contribution in [3.8, 4) is 5.75 Å². The Hall–Kier alpha value is -2.66. The molecule has 2 aromatic carbocycles. The lowest BCUT2D eigenvalue weighted by molar-refractivity contribution is -0.140. The molecule has 1 fully saturated rings. The fourth-order valence-electron chi connectivity index (χ4n) is 3.45. The number of carbonyl (C=O) groups excluding carboxylic acids is 1. The van der Waals surface area contributed by atoms with E-state index in [-0.39, 0.29) is 23.5 Å². The molecule has 1 saturated heterocycles. The van der Waals surface area contributed by atoms with Crippen LogP contribution in [0.15, 0.2) is 41.3 Å². The van der Waals surface area contributed by atoms with Crippen molar-refractivity contribution in [2.24, 2.45) is 0 Å². The van der Waals surface area contributed by atoms with Gasteiger partial charge in [0.2, 0.25) is 15.9 Å². The Kier molecular flexibility index (Phi) is 6.28. The topological polar surface area (TPSA) is 75.7 Å². The van der Waals surface area contributed by atoms with Gasteiger partial charge >= 0.3 is 6.18 Å². The molecule has 0 aromatic heterocycles. The number of sulfonamides is 1. The Morgan fingerprint density at radius 3 is 2.55 bits per heavy atom. The third-order valence-corrected chi connectivity index (χ3v) is 7.08. The number of aryl methyl sites for hydroxylation is 1. The van der Waals surface area contributed by atoms with Crippen LogP contribution in [0.25, 0.3) is 0 Å². The van der Waals surface area contributed by atoms with Crippen LogP contribution in [0.3, 0.4) is 0 Å². The summed E-state index contributed by atoms with van der Waals surface area (Å²) >= 11 is 0. The van der Waals surface area contributed by atoms with Gasteiger partial charge < -0.3 is 10.1 Å². The Labute approximate surface area is 176 Å². The van der Waals surface area contributed by atoms with Gasteiger partial charge in [-0.15, -0.1) is 0 Å². The zero-order valence-electron chi connectivity index (χ0n) is 16.7. The Bertz CT molecular complexity index is 1100. The lowest BCUT2D eigenvalue weighted by Crippen LogP contribution is -2.43. The van der Waals surface area contributed by atoms with Gasteiger partial charge in [-0.05, 0) is 49.6 Å². The third-order valence-electron chi connectivity index (χ3n) is 5.03. The average Bonchev–Trinajstić information content (AvgIpc) is 3.20. The first-order chi connectivity index (χ1) is 14.4. The number of benzene rings is 2. The second-order valence-electron chi connectivity index (χ2n) is 7.09. The molecule has 0 spiro atoms. The number of methoxy groups -OCH3 is 1. The predicted molar refractivity (Wildman–Crippen MR) is 105 cm³/mol. The molecule has 3 rings (SSSR count). The molecule has 1 aliphatic heterocycles. The summed E-state index contributed by atoms with van der Waals surface area (Å²) in [5.41, 5.74) is -1.34. The molecule has 2 aromatic rings. The van der Waals surface area contributed by atoms with E-state index in [2.05, 4.69) is 5.32 Å². The van der Waals surface area contributed by atoms with Gasteiger partial charge in [0.05, 0.1) is 17.6 Å². The molecule has 0 bridgehead atoms. The maximum Gasteiger partial charge on any atom is 0.419 e. The van der Waals surface area contributed by atoms with Crippen molar-refractivity contribution in [3.63, 3.8) is 0 Å². The van der Waals surface area contributed by atoms with Gasteiger partial charge in [0, 0.05) is 18.3 Å². The molecule has 1 amide bonds. The van der Waals surface area contributed by atoms with Crippen molar-refractivity contribution in [2.75, 3.05) is 19.0 Å². The highest BCUT2D eigenvalue weighted by molar-refractivity contribution is 7.89. The number of rotatable bonds is 5. The minimum absolute atomic E-state index is 0.0207. The van der Waals surface area contributed by atoms with Crippen LogP contribution >= 0.6 is 0 Å². The number of amides is 1. The number of anilines is 1. The van der Waals surface area contributed by atoms with E-state index in [4.69, 9.17) is 4.74 Å². The van der Waals surface area contributed by atoms with Crippen LogP contribution in [0.1, 0.15) is 24.0 Å². The molecule has 6 nitrogen and oxygen atoms in total. The van der Waals surface area contributed by atoms with E-state index in [0.717, 1.165) is 10.4 Å². The van der Waals surface area contributed by atoms with E-state index < -0.39 is 39.5 Å². The smallest absolute Gasteiger partial charge is 0.419 e. The maximum atomic E-state index is 13.5. The molecule has 1 atom stereocenters. The Morgan fingerprint density at radius 1 is 1.19 bits per heavy atom. The molecule has 31 heavy (non-hydrogen) atoms. The second-order valence-corrected chi connectivity index (χ2v) is 8.95. The molecule has 0 radical (unpaired) electrons. The van der Waals surface area contributed by atoms with Crippen LogP contribution in [-0.2, 0) is 21.0 Å². The molecule has 1 heterocycles. The van der Waals surface area contributed by atoms with Gasteiger partial charge in [0.25, 0.3) is 0 Å². The highest BCUT2D eigenvalue weighted by Crippen LogP contribution is 2.34. The largest absolute Gasteiger partial charge is 0.497 e. The van der Waals surface area contributed by atoms with E-state index in [1.54, 1.807) is 19.1 Å². The van der Waals surface area contributed by atoms with Crippen LogP contribution in [-0.4, -0.2) is 38.3 Å². The number of halogens is 4. The summed E-state index contributed by atoms with van der Waals surface area (Å²) in [7, 11) is -2.68. The number of hydrogen-bond donors (Lipinski definition) is 1. The monoisotopic (exact) mass is 460 g/mol. The third kappa shape index (κ3) is 4.67. The SMILES string of the molecule is COc1ccc(C)c(S(=O)(=O)N2CCC[C@@H]2C(=O)Nc2ccc(F)c(C(F)(F)F)c2)c1. The molecule has 0 saturated carbocycles. The summed E-state index contributed by atoms with van der Waals surface area (Å²) in [5, 5.41) is 2.28. The first-order valence-corrected chi connectivity index (χ1v) is 10.7. The van der Waals surface area contributed by atoms with Gasteiger partial charge in [-0.25, -0.2) is 12.8 Å². The summed E-state index contributed by atoms with van der Waals surface area (Å²) in [4.78, 5) is 12.7.